The van der Waals surface area contributed by atoms with Crippen molar-refractivity contribution < 1.29 is 23.5 Å². The van der Waals surface area contributed by atoms with Gasteiger partial charge in [-0.05, 0) is 82.5 Å². The van der Waals surface area contributed by atoms with Crippen LogP contribution in [-0.2, 0) is 14.3 Å². The number of hydrogen-bond acceptors (Lipinski definition) is 4. The van der Waals surface area contributed by atoms with Crippen LogP contribution in [0.25, 0.3) is 0 Å². The second-order valence-corrected chi connectivity index (χ2v) is 11.5. The lowest BCUT2D eigenvalue weighted by atomic mass is 9.48. The van der Waals surface area contributed by atoms with E-state index < -0.39 is 6.16 Å². The number of allylic oxidation sites excluding steroid dienone is 2. The molecule has 0 amide bonds. The topological polar surface area (TPSA) is 52.6 Å². The number of ether oxygens (including phenoxy) is 2. The molecule has 0 saturated heterocycles. The first kappa shape index (κ1) is 23.8. The normalized spacial score (nSPS) is 38.9. The number of hydrogen-bond donors (Lipinski definition) is 0. The van der Waals surface area contributed by atoms with E-state index in [9.17, 15) is 9.59 Å². The molecule has 0 aromatic carbocycles. The van der Waals surface area contributed by atoms with Crippen LogP contribution in [0, 0.1) is 28.6 Å². The average Bonchev–Trinajstić information content (AvgIpc) is 3.12. The molecule has 3 saturated carbocycles. The minimum atomic E-state index is -0.486. The lowest BCUT2D eigenvalue weighted by Gasteiger charge is -2.57. The van der Waals surface area contributed by atoms with E-state index in [0.717, 1.165) is 62.6 Å². The Morgan fingerprint density at radius 3 is 2.47 bits per heavy atom. The van der Waals surface area contributed by atoms with Crippen molar-refractivity contribution in [3.05, 3.63) is 11.6 Å². The van der Waals surface area contributed by atoms with Crippen molar-refractivity contribution >= 4 is 11.9 Å². The van der Waals surface area contributed by atoms with Gasteiger partial charge in [0, 0.05) is 18.3 Å². The third-order valence-corrected chi connectivity index (χ3v) is 10.6. The van der Waals surface area contributed by atoms with Crippen LogP contribution in [0.15, 0.2) is 11.6 Å². The molecule has 3 fully saturated rings. The number of rotatable bonds is 6. The predicted molar refractivity (Wildman–Crippen MR) is 125 cm³/mol. The number of carbonyl (C=O) groups is 2. The van der Waals surface area contributed by atoms with Crippen LogP contribution in [0.1, 0.15) is 86.0 Å². The van der Waals surface area contributed by atoms with Gasteiger partial charge in [-0.3, -0.25) is 9.28 Å². The summed E-state index contributed by atoms with van der Waals surface area (Å²) in [5, 5.41) is 0. The zero-order chi connectivity index (χ0) is 23.1. The van der Waals surface area contributed by atoms with Crippen LogP contribution in [0.4, 0.5) is 4.79 Å². The van der Waals surface area contributed by atoms with Crippen LogP contribution in [0.5, 0.6) is 0 Å². The third kappa shape index (κ3) is 3.82. The molecule has 5 heteroatoms. The van der Waals surface area contributed by atoms with Crippen molar-refractivity contribution in [2.75, 3.05) is 26.4 Å². The number of fused-ring (bicyclic) bond motifs is 5. The van der Waals surface area contributed by atoms with E-state index in [-0.39, 0.29) is 16.9 Å². The van der Waals surface area contributed by atoms with E-state index in [1.54, 1.807) is 0 Å². The molecule has 180 valence electrons. The Bertz CT molecular complexity index is 763. The first-order valence-electron chi connectivity index (χ1n) is 13.1. The molecule has 0 radical (unpaired) electrons. The lowest BCUT2D eigenvalue weighted by Crippen LogP contribution is -2.51. The Labute approximate surface area is 194 Å². The zero-order valence-corrected chi connectivity index (χ0v) is 21.0. The van der Waals surface area contributed by atoms with Crippen molar-refractivity contribution in [3.63, 3.8) is 0 Å². The monoisotopic (exact) mass is 446 g/mol. The second-order valence-electron chi connectivity index (χ2n) is 11.5. The summed E-state index contributed by atoms with van der Waals surface area (Å²) in [6.07, 6.45) is 9.75. The Morgan fingerprint density at radius 2 is 1.78 bits per heavy atom. The Kier molecular flexibility index (Phi) is 6.52. The minimum Gasteiger partial charge on any atom is -0.430 e. The molecule has 4 aliphatic rings. The molecule has 4 rings (SSSR count). The van der Waals surface area contributed by atoms with Crippen molar-refractivity contribution in [2.24, 2.45) is 28.6 Å². The van der Waals surface area contributed by atoms with Crippen molar-refractivity contribution in [1.82, 2.24) is 0 Å². The summed E-state index contributed by atoms with van der Waals surface area (Å²) in [5.74, 6) is 2.31. The van der Waals surface area contributed by atoms with E-state index >= 15 is 0 Å². The highest BCUT2D eigenvalue weighted by Gasteiger charge is 2.59. The van der Waals surface area contributed by atoms with E-state index in [1.807, 2.05) is 0 Å². The SMILES string of the molecule is CC[N+](CC)(CC)COC(=O)O[C@H]1CC[C@H]2[C@@H]3CC=C4CC(=O)CC[C@]4(C)[C@H]3CC[C@]12C. The van der Waals surface area contributed by atoms with Gasteiger partial charge in [0.15, 0.2) is 0 Å². The van der Waals surface area contributed by atoms with E-state index in [2.05, 4.69) is 40.7 Å². The molecule has 32 heavy (non-hydrogen) atoms. The number of ketones is 1. The van der Waals surface area contributed by atoms with Gasteiger partial charge in [-0.15, -0.1) is 0 Å². The smallest absolute Gasteiger partial charge is 0.430 e. The largest absolute Gasteiger partial charge is 0.512 e. The predicted octanol–water partition coefficient (Wildman–Crippen LogP) is 5.87. The number of nitrogens with zero attached hydrogens (tertiary/aromatic N) is 1. The molecule has 0 unspecified atom stereocenters. The van der Waals surface area contributed by atoms with Crippen LogP contribution in [0.2, 0.25) is 0 Å². The van der Waals surface area contributed by atoms with Crippen LogP contribution in [-0.4, -0.2) is 48.9 Å². The van der Waals surface area contributed by atoms with Crippen molar-refractivity contribution in [2.45, 2.75) is 92.1 Å². The molecule has 0 N–H and O–H groups in total. The zero-order valence-electron chi connectivity index (χ0n) is 21.0. The molecule has 0 spiro atoms. The van der Waals surface area contributed by atoms with E-state index in [1.165, 1.54) is 12.0 Å². The molecule has 0 aromatic heterocycles. The summed E-state index contributed by atoms with van der Waals surface area (Å²) in [4.78, 5) is 24.7. The highest BCUT2D eigenvalue weighted by atomic mass is 16.7. The average molecular weight is 447 g/mol. The molecular formula is C27H44NO4+. The Morgan fingerprint density at radius 1 is 1.06 bits per heavy atom. The fourth-order valence-corrected chi connectivity index (χ4v) is 7.91. The van der Waals surface area contributed by atoms with Crippen LogP contribution < -0.4 is 0 Å². The van der Waals surface area contributed by atoms with Gasteiger partial charge < -0.3 is 9.47 Å². The summed E-state index contributed by atoms with van der Waals surface area (Å²) in [5.41, 5.74) is 1.65. The van der Waals surface area contributed by atoms with Gasteiger partial charge in [0.2, 0.25) is 6.73 Å². The Balaban J connectivity index is 1.43. The fourth-order valence-electron chi connectivity index (χ4n) is 7.91. The summed E-state index contributed by atoms with van der Waals surface area (Å²) < 4.78 is 12.4. The standard InChI is InChI=1S/C27H44NO4/c1-6-28(7-2,8-3)18-31-25(30)32-24-12-11-22-21-10-9-19-17-20(29)13-15-26(19,4)23(21)14-16-27(22,24)5/h9,21-24H,6-8,10-18H2,1-5H3/q+1/t21-,22-,23-,24-,26-,27-/m0/s1. The van der Waals surface area contributed by atoms with Crippen molar-refractivity contribution in [3.8, 4) is 0 Å². The number of carbonyl (C=O) groups excluding carboxylic acids is 2. The number of Topliss-reactive ketones (excluding diaryl/α,β-unsaturated/α-hetero) is 1. The lowest BCUT2D eigenvalue weighted by molar-refractivity contribution is -0.939. The molecule has 0 aromatic rings. The Hall–Kier alpha value is -1.36. The maximum Gasteiger partial charge on any atom is 0.512 e. The van der Waals surface area contributed by atoms with Gasteiger partial charge >= 0.3 is 6.16 Å². The van der Waals surface area contributed by atoms with E-state index in [4.69, 9.17) is 9.47 Å². The fraction of sp³-hybridized carbons (Fsp3) is 0.852. The highest BCUT2D eigenvalue weighted by molar-refractivity contribution is 5.82. The minimum absolute atomic E-state index is 0.0403. The first-order valence-corrected chi connectivity index (χ1v) is 13.1. The molecule has 0 aliphatic heterocycles. The van der Waals surface area contributed by atoms with Crippen LogP contribution >= 0.6 is 0 Å². The third-order valence-electron chi connectivity index (χ3n) is 10.6. The molecule has 4 aliphatic carbocycles. The first-order chi connectivity index (χ1) is 15.2. The summed E-state index contributed by atoms with van der Waals surface area (Å²) in [6.45, 7) is 14.5. The van der Waals surface area contributed by atoms with Gasteiger partial charge in [-0.2, -0.15) is 0 Å². The van der Waals surface area contributed by atoms with Crippen LogP contribution in [0.3, 0.4) is 0 Å². The molecule has 5 nitrogen and oxygen atoms in total. The summed E-state index contributed by atoms with van der Waals surface area (Å²) in [7, 11) is 0. The van der Waals surface area contributed by atoms with Gasteiger partial charge in [0.1, 0.15) is 11.9 Å². The van der Waals surface area contributed by atoms with Gasteiger partial charge in [0.25, 0.3) is 0 Å². The molecule has 0 bridgehead atoms. The van der Waals surface area contributed by atoms with Gasteiger partial charge in [-0.1, -0.05) is 25.5 Å². The quantitative estimate of drug-likeness (QED) is 0.221. The highest BCUT2D eigenvalue weighted by Crippen LogP contribution is 2.65. The molecule has 6 atom stereocenters. The summed E-state index contributed by atoms with van der Waals surface area (Å²) in [6, 6.07) is 0. The van der Waals surface area contributed by atoms with Gasteiger partial charge in [0.05, 0.1) is 19.6 Å². The second kappa shape index (κ2) is 8.77. The molecular weight excluding hydrogens is 402 g/mol. The molecule has 0 heterocycles. The maximum absolute atomic E-state index is 12.7. The maximum atomic E-state index is 12.7. The summed E-state index contributed by atoms with van der Waals surface area (Å²) >= 11 is 0. The number of quaternary nitrogens is 1. The van der Waals surface area contributed by atoms with Crippen molar-refractivity contribution in [1.29, 1.82) is 0 Å². The van der Waals surface area contributed by atoms with E-state index in [0.29, 0.717) is 36.7 Å². The van der Waals surface area contributed by atoms with Gasteiger partial charge in [-0.25, -0.2) is 4.79 Å².